The minimum absolute atomic E-state index is 0.0301. The highest BCUT2D eigenvalue weighted by Crippen LogP contribution is 2.30. The highest BCUT2D eigenvalue weighted by Gasteiger charge is 2.29. The molecule has 9 heteroatoms. The number of hydrogen-bond acceptors (Lipinski definition) is 5. The van der Waals surface area contributed by atoms with Crippen molar-refractivity contribution in [1.29, 1.82) is 0 Å². The van der Waals surface area contributed by atoms with E-state index in [9.17, 15) is 14.0 Å². The lowest BCUT2D eigenvalue weighted by Crippen LogP contribution is -2.15. The molecular weight excluding hydrogens is 363 g/mol. The van der Waals surface area contributed by atoms with Gasteiger partial charge in [-0.2, -0.15) is 4.68 Å². The first-order valence-electron chi connectivity index (χ1n) is 8.78. The maximum Gasteiger partial charge on any atom is 0.255 e. The van der Waals surface area contributed by atoms with E-state index < -0.39 is 5.82 Å². The zero-order valence-corrected chi connectivity index (χ0v) is 15.0. The molecule has 0 aliphatic heterocycles. The van der Waals surface area contributed by atoms with Crippen molar-refractivity contribution in [2.75, 3.05) is 10.6 Å². The van der Waals surface area contributed by atoms with Crippen LogP contribution in [-0.2, 0) is 4.79 Å². The van der Waals surface area contributed by atoms with Gasteiger partial charge in [0.15, 0.2) is 5.82 Å². The number of aryl methyl sites for hydroxylation is 1. The second kappa shape index (κ2) is 7.18. The van der Waals surface area contributed by atoms with Gasteiger partial charge in [-0.05, 0) is 66.6 Å². The topological polar surface area (TPSA) is 102 Å². The molecule has 28 heavy (non-hydrogen) atoms. The summed E-state index contributed by atoms with van der Waals surface area (Å²) >= 11 is 0. The number of aromatic nitrogens is 4. The molecule has 8 nitrogen and oxygen atoms in total. The fraction of sp³-hybridized carbons (Fsp3) is 0.211. The molecule has 142 valence electrons. The molecule has 0 atom stereocenters. The fourth-order valence-electron chi connectivity index (χ4n) is 2.74. The second-order valence-corrected chi connectivity index (χ2v) is 6.60. The molecule has 2 amide bonds. The van der Waals surface area contributed by atoms with Crippen molar-refractivity contribution in [3.8, 4) is 5.69 Å². The van der Waals surface area contributed by atoms with E-state index in [0.717, 1.165) is 12.8 Å². The number of benzene rings is 2. The Kier molecular flexibility index (Phi) is 4.56. The molecule has 2 aromatic carbocycles. The Hall–Kier alpha value is -3.62. The number of halogens is 1. The molecule has 0 saturated heterocycles. The average Bonchev–Trinajstić information content (AvgIpc) is 3.45. The first kappa shape index (κ1) is 17.8. The van der Waals surface area contributed by atoms with E-state index in [4.69, 9.17) is 0 Å². The SMILES string of the molecule is Cc1nnnn1-c1cc(NC(=O)c2cccc(NC(=O)C3CC3)c2)ccc1F. The molecular formula is C19H17FN6O2. The maximum absolute atomic E-state index is 14.1. The standard InChI is InChI=1S/C19H17FN6O2/c1-11-23-24-25-26(11)17-10-15(7-8-16(17)20)22-19(28)13-3-2-4-14(9-13)21-18(27)12-5-6-12/h2-4,7-10,12H,5-6H2,1H3,(H,21,27)(H,22,28). The molecule has 1 saturated carbocycles. The van der Waals surface area contributed by atoms with Gasteiger partial charge in [0.25, 0.3) is 5.91 Å². The van der Waals surface area contributed by atoms with E-state index in [0.29, 0.717) is 22.8 Å². The summed E-state index contributed by atoms with van der Waals surface area (Å²) in [7, 11) is 0. The number of carbonyl (C=O) groups excluding carboxylic acids is 2. The van der Waals surface area contributed by atoms with Gasteiger partial charge in [-0.25, -0.2) is 4.39 Å². The van der Waals surface area contributed by atoms with E-state index in [1.807, 2.05) is 0 Å². The van der Waals surface area contributed by atoms with E-state index in [2.05, 4.69) is 26.2 Å². The van der Waals surface area contributed by atoms with Crippen LogP contribution in [0.3, 0.4) is 0 Å². The van der Waals surface area contributed by atoms with Crippen LogP contribution in [0.15, 0.2) is 42.5 Å². The van der Waals surface area contributed by atoms with Crippen LogP contribution in [-0.4, -0.2) is 32.0 Å². The van der Waals surface area contributed by atoms with Crippen LogP contribution >= 0.6 is 0 Å². The predicted molar refractivity (Wildman–Crippen MR) is 99.6 cm³/mol. The number of carbonyl (C=O) groups is 2. The summed E-state index contributed by atoms with van der Waals surface area (Å²) in [5.74, 6) is -0.435. The zero-order valence-electron chi connectivity index (χ0n) is 15.0. The second-order valence-electron chi connectivity index (χ2n) is 6.60. The summed E-state index contributed by atoms with van der Waals surface area (Å²) in [6.45, 7) is 1.64. The number of nitrogens with zero attached hydrogens (tertiary/aromatic N) is 4. The van der Waals surface area contributed by atoms with Crippen LogP contribution in [0.1, 0.15) is 29.0 Å². The van der Waals surface area contributed by atoms with Gasteiger partial charge in [0.1, 0.15) is 11.5 Å². The Morgan fingerprint density at radius 1 is 1.11 bits per heavy atom. The van der Waals surface area contributed by atoms with Gasteiger partial charge >= 0.3 is 0 Å². The molecule has 0 unspecified atom stereocenters. The largest absolute Gasteiger partial charge is 0.326 e. The van der Waals surface area contributed by atoms with Crippen molar-refractivity contribution in [2.24, 2.45) is 5.92 Å². The normalized spacial score (nSPS) is 13.2. The Bertz CT molecular complexity index is 1060. The lowest BCUT2D eigenvalue weighted by atomic mass is 10.1. The Morgan fingerprint density at radius 2 is 1.89 bits per heavy atom. The van der Waals surface area contributed by atoms with Crippen molar-refractivity contribution in [1.82, 2.24) is 20.2 Å². The molecule has 0 bridgehead atoms. The van der Waals surface area contributed by atoms with Gasteiger partial charge in [-0.1, -0.05) is 6.07 Å². The fourth-order valence-corrected chi connectivity index (χ4v) is 2.74. The van der Waals surface area contributed by atoms with Gasteiger partial charge < -0.3 is 10.6 Å². The average molecular weight is 380 g/mol. The minimum Gasteiger partial charge on any atom is -0.326 e. The van der Waals surface area contributed by atoms with Crippen LogP contribution in [0.2, 0.25) is 0 Å². The van der Waals surface area contributed by atoms with Crippen molar-refractivity contribution < 1.29 is 14.0 Å². The summed E-state index contributed by atoms with van der Waals surface area (Å²) in [5.41, 5.74) is 1.46. The van der Waals surface area contributed by atoms with E-state index in [1.165, 1.54) is 22.9 Å². The molecule has 2 N–H and O–H groups in total. The van der Waals surface area contributed by atoms with E-state index in [1.54, 1.807) is 31.2 Å². The predicted octanol–water partition coefficient (Wildman–Crippen LogP) is 2.71. The summed E-state index contributed by atoms with van der Waals surface area (Å²) in [6, 6.07) is 10.8. The maximum atomic E-state index is 14.1. The first-order chi connectivity index (χ1) is 13.5. The minimum atomic E-state index is -0.516. The van der Waals surface area contributed by atoms with Crippen LogP contribution in [0.25, 0.3) is 5.69 Å². The third-order valence-electron chi connectivity index (χ3n) is 4.40. The quantitative estimate of drug-likeness (QED) is 0.709. The van der Waals surface area contributed by atoms with Crippen LogP contribution in [0.4, 0.5) is 15.8 Å². The van der Waals surface area contributed by atoms with Gasteiger partial charge in [0.2, 0.25) is 5.91 Å². The van der Waals surface area contributed by atoms with Crippen molar-refractivity contribution >= 4 is 23.2 Å². The molecule has 3 aromatic rings. The van der Waals surface area contributed by atoms with Crippen molar-refractivity contribution in [3.05, 3.63) is 59.7 Å². The third-order valence-corrected chi connectivity index (χ3v) is 4.40. The van der Waals surface area contributed by atoms with Gasteiger partial charge in [-0.15, -0.1) is 5.10 Å². The Balaban J connectivity index is 1.52. The zero-order chi connectivity index (χ0) is 19.7. The Morgan fingerprint density at radius 3 is 2.61 bits per heavy atom. The number of nitrogens with one attached hydrogen (secondary N) is 2. The molecule has 1 aliphatic rings. The third kappa shape index (κ3) is 3.73. The van der Waals surface area contributed by atoms with E-state index in [-0.39, 0.29) is 23.4 Å². The summed E-state index contributed by atoms with van der Waals surface area (Å²) in [5, 5.41) is 16.5. The smallest absolute Gasteiger partial charge is 0.255 e. The van der Waals surface area contributed by atoms with E-state index >= 15 is 0 Å². The number of tetrazole rings is 1. The molecule has 0 radical (unpaired) electrons. The molecule has 1 aromatic heterocycles. The van der Waals surface area contributed by atoms with Crippen LogP contribution in [0, 0.1) is 18.7 Å². The summed E-state index contributed by atoms with van der Waals surface area (Å²) < 4.78 is 15.4. The highest BCUT2D eigenvalue weighted by molar-refractivity contribution is 6.05. The molecule has 1 heterocycles. The van der Waals surface area contributed by atoms with Crippen LogP contribution in [0.5, 0.6) is 0 Å². The molecule has 1 fully saturated rings. The molecule has 4 rings (SSSR count). The van der Waals surface area contributed by atoms with Gasteiger partial charge in [-0.3, -0.25) is 9.59 Å². The number of anilines is 2. The lowest BCUT2D eigenvalue weighted by molar-refractivity contribution is -0.117. The lowest BCUT2D eigenvalue weighted by Gasteiger charge is -2.10. The van der Waals surface area contributed by atoms with Gasteiger partial charge in [0.05, 0.1) is 0 Å². The van der Waals surface area contributed by atoms with Gasteiger partial charge in [0, 0.05) is 22.9 Å². The van der Waals surface area contributed by atoms with Crippen molar-refractivity contribution in [2.45, 2.75) is 19.8 Å². The first-order valence-corrected chi connectivity index (χ1v) is 8.78. The summed E-state index contributed by atoms with van der Waals surface area (Å²) in [4.78, 5) is 24.5. The van der Waals surface area contributed by atoms with Crippen molar-refractivity contribution in [3.63, 3.8) is 0 Å². The summed E-state index contributed by atoms with van der Waals surface area (Å²) in [6.07, 6.45) is 1.80. The number of hydrogen-bond donors (Lipinski definition) is 2. The molecule has 1 aliphatic carbocycles. The van der Waals surface area contributed by atoms with Crippen LogP contribution < -0.4 is 10.6 Å². The Labute approximate surface area is 159 Å². The number of rotatable bonds is 5. The molecule has 0 spiro atoms. The monoisotopic (exact) mass is 380 g/mol. The number of amides is 2. The highest BCUT2D eigenvalue weighted by atomic mass is 19.1.